The molecule has 2 rings (SSSR count). The van der Waals surface area contributed by atoms with Crippen molar-refractivity contribution in [2.75, 3.05) is 0 Å². The fraction of sp³-hybridized carbons (Fsp3) is 0.200. The van der Waals surface area contributed by atoms with Gasteiger partial charge in [-0.15, -0.1) is 5.11 Å². The minimum atomic E-state index is -0.513. The Hall–Kier alpha value is -1.72. The van der Waals surface area contributed by atoms with Crippen LogP contribution in [0, 0.1) is 0 Å². The third kappa shape index (κ3) is 0.794. The molecule has 2 N–H and O–H groups in total. The van der Waals surface area contributed by atoms with Gasteiger partial charge in [0.25, 0.3) is 5.56 Å². The van der Waals surface area contributed by atoms with Gasteiger partial charge in [-0.1, -0.05) is 0 Å². The molecule has 0 atom stereocenters. The van der Waals surface area contributed by atoms with Gasteiger partial charge < -0.3 is 4.98 Å². The number of H-pyrrole nitrogens is 2. The maximum atomic E-state index is 10.9. The molecule has 6 heteroatoms. The van der Waals surface area contributed by atoms with E-state index in [4.69, 9.17) is 0 Å². The van der Waals surface area contributed by atoms with Crippen molar-refractivity contribution < 1.29 is 0 Å². The van der Waals surface area contributed by atoms with Crippen molar-refractivity contribution in [1.29, 1.82) is 0 Å². The van der Waals surface area contributed by atoms with Crippen LogP contribution in [0.3, 0.4) is 0 Å². The van der Waals surface area contributed by atoms with Crippen molar-refractivity contribution >= 4 is 5.69 Å². The molecule has 0 aromatic carbocycles. The zero-order valence-electron chi connectivity index (χ0n) is 5.42. The summed E-state index contributed by atoms with van der Waals surface area (Å²) in [6.07, 6.45) is 0. The van der Waals surface area contributed by atoms with Gasteiger partial charge in [0.15, 0.2) is 5.69 Å². The zero-order valence-corrected chi connectivity index (χ0v) is 5.42. The van der Waals surface area contributed by atoms with Gasteiger partial charge in [0.05, 0.1) is 5.69 Å². The predicted octanol–water partition coefficient (Wildman–Crippen LogP) is -0.340. The summed E-state index contributed by atoms with van der Waals surface area (Å²) in [5, 5.41) is 7.14. The molecule has 0 spiro atoms. The van der Waals surface area contributed by atoms with Gasteiger partial charge in [-0.25, -0.2) is 4.79 Å². The zero-order chi connectivity index (χ0) is 7.84. The van der Waals surface area contributed by atoms with E-state index in [1.807, 2.05) is 0 Å². The Balaban J connectivity index is 2.87. The Labute approximate surface area is 60.0 Å². The molecule has 0 amide bonds. The average Bonchev–Trinajstić information content (AvgIpc) is 2.34. The molecule has 56 valence electrons. The molecule has 0 aliphatic carbocycles. The molecule has 11 heavy (non-hydrogen) atoms. The highest BCUT2D eigenvalue weighted by atomic mass is 16.2. The van der Waals surface area contributed by atoms with Crippen molar-refractivity contribution in [3.05, 3.63) is 26.5 Å². The first-order valence-corrected chi connectivity index (χ1v) is 3.00. The van der Waals surface area contributed by atoms with Crippen molar-refractivity contribution in [2.45, 2.75) is 6.54 Å². The van der Waals surface area contributed by atoms with Crippen LogP contribution in [0.1, 0.15) is 5.69 Å². The molecule has 2 heterocycles. The van der Waals surface area contributed by atoms with E-state index in [1.165, 1.54) is 0 Å². The number of nitrogens with zero attached hydrogens (tertiary/aromatic N) is 2. The lowest BCUT2D eigenvalue weighted by molar-refractivity contribution is 0.948. The monoisotopic (exact) mass is 152 g/mol. The Morgan fingerprint density at radius 2 is 2.09 bits per heavy atom. The van der Waals surface area contributed by atoms with Crippen LogP contribution < -0.4 is 11.2 Å². The summed E-state index contributed by atoms with van der Waals surface area (Å²) in [6.45, 7) is 0.286. The summed E-state index contributed by atoms with van der Waals surface area (Å²) < 4.78 is 0. The van der Waals surface area contributed by atoms with Crippen LogP contribution in [0.15, 0.2) is 19.8 Å². The molecule has 0 unspecified atom stereocenters. The normalized spacial score (nSPS) is 13.5. The van der Waals surface area contributed by atoms with Crippen LogP contribution in [0.25, 0.3) is 0 Å². The molecule has 1 aliphatic heterocycles. The number of rotatable bonds is 0. The van der Waals surface area contributed by atoms with Crippen molar-refractivity contribution in [3.63, 3.8) is 0 Å². The number of aromatic amines is 2. The number of aromatic nitrogens is 2. The predicted molar refractivity (Wildman–Crippen MR) is 35.9 cm³/mol. The SMILES string of the molecule is O=c1[nH]c2c(c(=O)[nH]1)N=NC2. The number of hydrogen-bond acceptors (Lipinski definition) is 4. The summed E-state index contributed by atoms with van der Waals surface area (Å²) in [7, 11) is 0. The smallest absolute Gasteiger partial charge is 0.307 e. The van der Waals surface area contributed by atoms with Crippen LogP contribution in [0.4, 0.5) is 5.69 Å². The number of hydrogen-bond donors (Lipinski definition) is 2. The highest BCUT2D eigenvalue weighted by Crippen LogP contribution is 2.17. The second-order valence-electron chi connectivity index (χ2n) is 2.13. The van der Waals surface area contributed by atoms with E-state index < -0.39 is 11.2 Å². The van der Waals surface area contributed by atoms with E-state index in [1.54, 1.807) is 0 Å². The molecule has 0 bridgehead atoms. The Bertz CT molecular complexity index is 427. The minimum Gasteiger partial charge on any atom is -0.307 e. The van der Waals surface area contributed by atoms with Gasteiger partial charge in [0, 0.05) is 0 Å². The lowest BCUT2D eigenvalue weighted by Gasteiger charge is -1.89. The second-order valence-corrected chi connectivity index (χ2v) is 2.13. The quantitative estimate of drug-likeness (QED) is 0.532. The van der Waals surface area contributed by atoms with Crippen LogP contribution in [-0.2, 0) is 6.54 Å². The highest BCUT2D eigenvalue weighted by molar-refractivity contribution is 5.40. The van der Waals surface area contributed by atoms with Crippen molar-refractivity contribution in [2.24, 2.45) is 10.2 Å². The van der Waals surface area contributed by atoms with E-state index >= 15 is 0 Å². The van der Waals surface area contributed by atoms with Gasteiger partial charge >= 0.3 is 5.69 Å². The number of fused-ring (bicyclic) bond motifs is 1. The lowest BCUT2D eigenvalue weighted by Crippen LogP contribution is -2.22. The Kier molecular flexibility index (Phi) is 1.03. The van der Waals surface area contributed by atoms with Gasteiger partial charge in [0.2, 0.25) is 0 Å². The summed E-state index contributed by atoms with van der Waals surface area (Å²) in [6, 6.07) is 0. The van der Waals surface area contributed by atoms with E-state index in [-0.39, 0.29) is 12.2 Å². The van der Waals surface area contributed by atoms with Gasteiger partial charge in [-0.3, -0.25) is 9.78 Å². The maximum absolute atomic E-state index is 10.9. The molecule has 0 radical (unpaired) electrons. The lowest BCUT2D eigenvalue weighted by atomic mass is 10.4. The van der Waals surface area contributed by atoms with E-state index in [0.29, 0.717) is 5.69 Å². The van der Waals surface area contributed by atoms with Gasteiger partial charge in [-0.05, 0) is 0 Å². The summed E-state index contributed by atoms with van der Waals surface area (Å²) >= 11 is 0. The van der Waals surface area contributed by atoms with E-state index in [0.717, 1.165) is 0 Å². The number of nitrogens with one attached hydrogen (secondary N) is 2. The first-order chi connectivity index (χ1) is 5.27. The van der Waals surface area contributed by atoms with E-state index in [9.17, 15) is 9.59 Å². The average molecular weight is 152 g/mol. The Morgan fingerprint density at radius 1 is 1.27 bits per heavy atom. The van der Waals surface area contributed by atoms with Crippen molar-refractivity contribution in [1.82, 2.24) is 9.97 Å². The molecule has 0 saturated heterocycles. The van der Waals surface area contributed by atoms with E-state index in [2.05, 4.69) is 20.2 Å². The minimum absolute atomic E-state index is 0.213. The molecule has 0 fully saturated rings. The van der Waals surface area contributed by atoms with Crippen molar-refractivity contribution in [3.8, 4) is 0 Å². The van der Waals surface area contributed by atoms with Gasteiger partial charge in [0.1, 0.15) is 6.54 Å². The summed E-state index contributed by atoms with van der Waals surface area (Å²) in [5.74, 6) is 0. The first-order valence-electron chi connectivity index (χ1n) is 3.00. The summed E-state index contributed by atoms with van der Waals surface area (Å²) in [5.41, 5.74) is -0.297. The Morgan fingerprint density at radius 3 is 2.91 bits per heavy atom. The van der Waals surface area contributed by atoms with Gasteiger partial charge in [-0.2, -0.15) is 5.11 Å². The molecular weight excluding hydrogens is 148 g/mol. The topological polar surface area (TPSA) is 90.4 Å². The van der Waals surface area contributed by atoms with Crippen LogP contribution in [-0.4, -0.2) is 9.97 Å². The largest absolute Gasteiger partial charge is 0.326 e. The standard InChI is InChI=1S/C5H4N4O2/c10-4-3-2(1-6-9-3)7-5(11)8-4/h1H2,(H2,7,8,10,11). The molecule has 6 nitrogen and oxygen atoms in total. The molecule has 1 aromatic rings. The highest BCUT2D eigenvalue weighted by Gasteiger charge is 2.12. The first kappa shape index (κ1) is 6.02. The van der Waals surface area contributed by atoms with Crippen LogP contribution >= 0.6 is 0 Å². The fourth-order valence-corrected chi connectivity index (χ4v) is 0.924. The molecule has 0 saturated carbocycles. The van der Waals surface area contributed by atoms with Crippen LogP contribution in [0.2, 0.25) is 0 Å². The number of azo groups is 1. The second kappa shape index (κ2) is 1.88. The third-order valence-electron chi connectivity index (χ3n) is 1.39. The molecule has 1 aromatic heterocycles. The molecular formula is C5H4N4O2. The maximum Gasteiger partial charge on any atom is 0.326 e. The van der Waals surface area contributed by atoms with Crippen LogP contribution in [0.5, 0.6) is 0 Å². The molecule has 1 aliphatic rings. The summed E-state index contributed by atoms with van der Waals surface area (Å²) in [4.78, 5) is 26.0. The third-order valence-corrected chi connectivity index (χ3v) is 1.39. The fourth-order valence-electron chi connectivity index (χ4n) is 0.924.